The van der Waals surface area contributed by atoms with Gasteiger partial charge in [-0.1, -0.05) is 49.4 Å². The minimum Gasteiger partial charge on any atom is -0.508 e. The predicted molar refractivity (Wildman–Crippen MR) is 157 cm³/mol. The number of benzene rings is 3. The molecule has 0 aliphatic heterocycles. The standard InChI is InChI=1S/C34H36O4S.Ac/c1-34-18-17-28-27-13-10-25(35)19-24(27)20-30(33(28)29(34)14-15-31(34)36)39-26-11-8-23(9-12-26)22-6-3-21(4-7-22)5-16-32(37)38-2;/h3-13,16,19,28-31,33,35-36H,14-15,17-18,20H2,1-2H3;/b16-5+;/t28?,29?,30?,31?,33?,34-;/m0./s1. The number of methoxy groups -OCH3 is 1. The van der Waals surface area contributed by atoms with Crippen LogP contribution in [-0.4, -0.2) is 34.6 Å². The van der Waals surface area contributed by atoms with E-state index in [1.165, 1.54) is 29.2 Å². The molecule has 0 heterocycles. The van der Waals surface area contributed by atoms with E-state index in [-0.39, 0.29) is 61.6 Å². The first kappa shape index (κ1) is 29.9. The van der Waals surface area contributed by atoms with Crippen LogP contribution >= 0.6 is 11.8 Å². The molecule has 3 aromatic carbocycles. The first-order valence-corrected chi connectivity index (χ1v) is 14.9. The zero-order valence-corrected chi connectivity index (χ0v) is 28.7. The number of fused-ring (bicyclic) bond motifs is 5. The smallest absolute Gasteiger partial charge is 0.330 e. The quantitative estimate of drug-likeness (QED) is 0.212. The van der Waals surface area contributed by atoms with Crippen molar-refractivity contribution in [3.8, 4) is 16.9 Å². The van der Waals surface area contributed by atoms with Crippen molar-refractivity contribution in [2.24, 2.45) is 17.3 Å². The van der Waals surface area contributed by atoms with Crippen molar-refractivity contribution in [3.05, 3.63) is 89.5 Å². The second-order valence-corrected chi connectivity index (χ2v) is 13.0. The van der Waals surface area contributed by atoms with Gasteiger partial charge in [0, 0.05) is 60.3 Å². The third-order valence-electron chi connectivity index (χ3n) is 9.66. The first-order valence-electron chi connectivity index (χ1n) is 14.0. The molecule has 3 aliphatic rings. The van der Waals surface area contributed by atoms with Gasteiger partial charge < -0.3 is 14.9 Å². The summed E-state index contributed by atoms with van der Waals surface area (Å²) < 4.78 is 4.66. The van der Waals surface area contributed by atoms with Gasteiger partial charge in [0.05, 0.1) is 13.2 Å². The first-order chi connectivity index (χ1) is 18.9. The average Bonchev–Trinajstić information content (AvgIpc) is 3.26. The largest absolute Gasteiger partial charge is 0.508 e. The normalized spacial score (nSPS) is 28.7. The van der Waals surface area contributed by atoms with Gasteiger partial charge in [-0.3, -0.25) is 0 Å². The number of ether oxygens (including phenoxy) is 1. The summed E-state index contributed by atoms with van der Waals surface area (Å²) in [5, 5.41) is 21.6. The van der Waals surface area contributed by atoms with Crippen LogP contribution in [0.5, 0.6) is 5.75 Å². The maximum absolute atomic E-state index is 11.4. The third-order valence-corrected chi connectivity index (χ3v) is 11.0. The van der Waals surface area contributed by atoms with Gasteiger partial charge in [-0.25, -0.2) is 4.79 Å². The van der Waals surface area contributed by atoms with Crippen LogP contribution in [0.4, 0.5) is 0 Å². The van der Waals surface area contributed by atoms with Crippen molar-refractivity contribution in [1.82, 2.24) is 0 Å². The van der Waals surface area contributed by atoms with E-state index < -0.39 is 0 Å². The van der Waals surface area contributed by atoms with E-state index in [9.17, 15) is 15.0 Å². The molecule has 6 atom stereocenters. The molecule has 1 radical (unpaired) electrons. The third kappa shape index (κ3) is 5.71. The van der Waals surface area contributed by atoms with Crippen LogP contribution < -0.4 is 0 Å². The number of carbonyl (C=O) groups excluding carboxylic acids is 1. The topological polar surface area (TPSA) is 66.8 Å². The summed E-state index contributed by atoms with van der Waals surface area (Å²) in [5.74, 6) is 1.52. The number of aliphatic hydroxyl groups is 1. The van der Waals surface area contributed by atoms with Crippen molar-refractivity contribution in [3.63, 3.8) is 0 Å². The second-order valence-electron chi connectivity index (χ2n) is 11.7. The van der Waals surface area contributed by atoms with Crippen molar-refractivity contribution in [2.75, 3.05) is 7.11 Å². The zero-order chi connectivity index (χ0) is 27.1. The Bertz CT molecular complexity index is 1390. The molecule has 0 aromatic heterocycles. The number of thioether (sulfide) groups is 1. The average molecular weight is 768 g/mol. The number of hydrogen-bond donors (Lipinski definition) is 2. The Hall–Kier alpha value is -1.58. The Morgan fingerprint density at radius 2 is 1.70 bits per heavy atom. The van der Waals surface area contributed by atoms with E-state index in [0.717, 1.165) is 48.8 Å². The molecule has 2 N–H and O–H groups in total. The molecule has 205 valence electrons. The SMILES string of the molecule is COC(=O)/C=C/c1ccc(-c2ccc(SC3Cc4cc(O)ccc4C4CC[C@]5(C)C(O)CCC5C34)cc2)cc1.[Ac]. The van der Waals surface area contributed by atoms with Crippen LogP contribution in [0.2, 0.25) is 0 Å². The molecule has 0 amide bonds. The van der Waals surface area contributed by atoms with E-state index in [1.807, 2.05) is 36.0 Å². The van der Waals surface area contributed by atoms with Gasteiger partial charge in [0.1, 0.15) is 5.75 Å². The fraction of sp³-hybridized carbons (Fsp3) is 0.382. The van der Waals surface area contributed by atoms with Gasteiger partial charge in [0.15, 0.2) is 0 Å². The van der Waals surface area contributed by atoms with Gasteiger partial charge in [-0.2, -0.15) is 0 Å². The summed E-state index contributed by atoms with van der Waals surface area (Å²) in [5.41, 5.74) is 5.95. The number of hydrogen-bond acceptors (Lipinski definition) is 5. The summed E-state index contributed by atoms with van der Waals surface area (Å²) in [7, 11) is 1.37. The number of aliphatic hydroxyl groups excluding tert-OH is 1. The minimum atomic E-state index is -0.362. The number of rotatable bonds is 5. The molecule has 4 nitrogen and oxygen atoms in total. The summed E-state index contributed by atoms with van der Waals surface area (Å²) in [4.78, 5) is 12.6. The molecular weight excluding hydrogens is 731 g/mol. The Labute approximate surface area is 277 Å². The maximum atomic E-state index is 11.4. The summed E-state index contributed by atoms with van der Waals surface area (Å²) >= 11 is 1.97. The molecule has 0 saturated heterocycles. The number of phenols is 1. The van der Waals surface area contributed by atoms with Crippen LogP contribution in [0.15, 0.2) is 77.7 Å². The molecule has 0 bridgehead atoms. The van der Waals surface area contributed by atoms with E-state index in [4.69, 9.17) is 0 Å². The number of carbonyl (C=O) groups is 1. The monoisotopic (exact) mass is 767 g/mol. The molecule has 0 spiro atoms. The summed E-state index contributed by atoms with van der Waals surface area (Å²) in [6.07, 6.45) is 8.12. The van der Waals surface area contributed by atoms with E-state index in [2.05, 4.69) is 54.1 Å². The molecule has 6 rings (SSSR count). The van der Waals surface area contributed by atoms with Crippen LogP contribution in [0.25, 0.3) is 17.2 Å². The molecule has 5 unspecified atom stereocenters. The van der Waals surface area contributed by atoms with Gasteiger partial charge in [0.2, 0.25) is 0 Å². The number of phenolic OH excluding ortho intramolecular Hbond substituents is 1. The number of aromatic hydroxyl groups is 1. The molecule has 2 saturated carbocycles. The van der Waals surface area contributed by atoms with Crippen LogP contribution in [0, 0.1) is 61.3 Å². The van der Waals surface area contributed by atoms with E-state index >= 15 is 0 Å². The van der Waals surface area contributed by atoms with Crippen molar-refractivity contribution in [1.29, 1.82) is 0 Å². The van der Waals surface area contributed by atoms with E-state index in [1.54, 1.807) is 6.08 Å². The van der Waals surface area contributed by atoms with Gasteiger partial charge in [-0.15, -0.1) is 11.8 Å². The van der Waals surface area contributed by atoms with Gasteiger partial charge >= 0.3 is 5.97 Å². The molecule has 40 heavy (non-hydrogen) atoms. The number of esters is 1. The maximum Gasteiger partial charge on any atom is 0.330 e. The Morgan fingerprint density at radius 3 is 2.40 bits per heavy atom. The Morgan fingerprint density at radius 1 is 1.00 bits per heavy atom. The molecule has 6 heteroatoms. The van der Waals surface area contributed by atoms with Gasteiger partial charge in [-0.05, 0) is 113 Å². The summed E-state index contributed by atoms with van der Waals surface area (Å²) in [6.45, 7) is 2.32. The Balaban J connectivity index is 0.00000323. The van der Waals surface area contributed by atoms with Crippen molar-refractivity contribution < 1.29 is 63.8 Å². The van der Waals surface area contributed by atoms with Crippen LogP contribution in [0.3, 0.4) is 0 Å². The minimum absolute atomic E-state index is 0. The van der Waals surface area contributed by atoms with Crippen LogP contribution in [0.1, 0.15) is 55.2 Å². The van der Waals surface area contributed by atoms with Crippen LogP contribution in [-0.2, 0) is 16.0 Å². The predicted octanol–water partition coefficient (Wildman–Crippen LogP) is 7.23. The fourth-order valence-electron chi connectivity index (χ4n) is 7.57. The zero-order valence-electron chi connectivity index (χ0n) is 23.1. The second kappa shape index (κ2) is 12.3. The van der Waals surface area contributed by atoms with Crippen molar-refractivity contribution >= 4 is 23.8 Å². The van der Waals surface area contributed by atoms with E-state index in [0.29, 0.717) is 28.8 Å². The van der Waals surface area contributed by atoms with Crippen molar-refractivity contribution in [2.45, 2.75) is 61.2 Å². The molecule has 3 aliphatic carbocycles. The molecular formula is C34H36AcO4S. The van der Waals surface area contributed by atoms with Gasteiger partial charge in [0.25, 0.3) is 0 Å². The Kier molecular flexibility index (Phi) is 9.22. The molecule has 2 fully saturated rings. The fourth-order valence-corrected chi connectivity index (χ4v) is 9.01. The summed E-state index contributed by atoms with van der Waals surface area (Å²) in [6, 6.07) is 23.0. The molecule has 3 aromatic rings.